The first-order valence-corrected chi connectivity index (χ1v) is 28.7. The highest BCUT2D eigenvalue weighted by Gasteiger charge is 2.35. The lowest BCUT2D eigenvalue weighted by Gasteiger charge is -2.36. The van der Waals surface area contributed by atoms with Crippen molar-refractivity contribution in [3.63, 3.8) is 0 Å². The summed E-state index contributed by atoms with van der Waals surface area (Å²) in [4.78, 5) is 41.9. The summed E-state index contributed by atoms with van der Waals surface area (Å²) >= 11 is 12.9. The van der Waals surface area contributed by atoms with Gasteiger partial charge in [-0.2, -0.15) is 10.2 Å². The highest BCUT2D eigenvalue weighted by Crippen LogP contribution is 2.36. The van der Waals surface area contributed by atoms with Crippen molar-refractivity contribution in [1.29, 1.82) is 0 Å². The molecule has 20 nitrogen and oxygen atoms in total. The maximum absolute atomic E-state index is 13.7. The summed E-state index contributed by atoms with van der Waals surface area (Å²) in [5.74, 6) is 0.296. The van der Waals surface area contributed by atoms with Crippen molar-refractivity contribution in [1.82, 2.24) is 44.3 Å². The van der Waals surface area contributed by atoms with Crippen LogP contribution in [0.2, 0.25) is 5.15 Å². The van der Waals surface area contributed by atoms with E-state index in [0.717, 1.165) is 92.7 Å². The van der Waals surface area contributed by atoms with Gasteiger partial charge < -0.3 is 30.2 Å². The number of carbonyl (C=O) groups is 2. The number of aliphatic hydroxyl groups is 2. The fraction of sp³-hybridized carbons (Fsp3) is 0.435. The van der Waals surface area contributed by atoms with Gasteiger partial charge in [0, 0.05) is 77.8 Å². The molecule has 5 N–H and O–H groups in total. The van der Waals surface area contributed by atoms with E-state index in [4.69, 9.17) is 26.8 Å². The van der Waals surface area contributed by atoms with Gasteiger partial charge in [-0.05, 0) is 94.8 Å². The Hall–Kier alpha value is -4.66. The lowest BCUT2D eigenvalue weighted by Crippen LogP contribution is -2.51. The number of amides is 2. The zero-order valence-electron chi connectivity index (χ0n) is 39.8. The summed E-state index contributed by atoms with van der Waals surface area (Å²) in [6, 6.07) is 16.8. The molecule has 4 aliphatic rings. The summed E-state index contributed by atoms with van der Waals surface area (Å²) in [6.45, 7) is 7.66. The molecule has 2 aromatic carbocycles. The number of anilines is 3. The van der Waals surface area contributed by atoms with Crippen molar-refractivity contribution in [2.24, 2.45) is 0 Å². The Morgan fingerprint density at radius 2 is 1.12 bits per heavy atom. The molecule has 8 heterocycles. The molecule has 2 amide bonds. The molecule has 0 aliphatic carbocycles. The van der Waals surface area contributed by atoms with Crippen molar-refractivity contribution in [3.8, 4) is 0 Å². The van der Waals surface area contributed by atoms with E-state index in [0.29, 0.717) is 51.6 Å². The van der Waals surface area contributed by atoms with Gasteiger partial charge in [0.1, 0.15) is 11.0 Å². The Balaban J connectivity index is 0.000000191. The third-order valence-corrected chi connectivity index (χ3v) is 14.7. The second-order valence-corrected chi connectivity index (χ2v) is 23.9. The summed E-state index contributed by atoms with van der Waals surface area (Å²) in [7, 11) is -7.10. The quantitative estimate of drug-likeness (QED) is 0.100. The normalized spacial score (nSPS) is 18.5. The number of rotatable bonds is 9. The van der Waals surface area contributed by atoms with Crippen LogP contribution in [0, 0.1) is 13.8 Å². The second kappa shape index (κ2) is 22.8. The number of piperidine rings is 2. The first-order valence-electron chi connectivity index (χ1n) is 23.0. The minimum absolute atomic E-state index is 0. The predicted octanol–water partition coefficient (Wildman–Crippen LogP) is 6.28. The van der Waals surface area contributed by atoms with Gasteiger partial charge in [-0.1, -0.05) is 43.5 Å². The van der Waals surface area contributed by atoms with E-state index in [1.54, 1.807) is 61.3 Å². The lowest BCUT2D eigenvalue weighted by molar-refractivity contribution is 0.0599. The van der Waals surface area contributed by atoms with Crippen molar-refractivity contribution >= 4 is 116 Å². The molecule has 0 spiro atoms. The van der Waals surface area contributed by atoms with Crippen molar-refractivity contribution in [2.45, 2.75) is 76.7 Å². The van der Waals surface area contributed by atoms with Crippen LogP contribution in [0.25, 0.3) is 11.3 Å². The number of aromatic nitrogens is 6. The Bertz CT molecular complexity index is 3210. The number of nitrogens with zero attached hydrogens (tertiary/aromatic N) is 9. The molecule has 0 saturated carbocycles. The van der Waals surface area contributed by atoms with Crippen LogP contribution in [-0.4, -0.2) is 142 Å². The average Bonchev–Trinajstić information content (AvgIpc) is 3.93. The molecule has 26 heteroatoms. The zero-order valence-corrected chi connectivity index (χ0v) is 46.2. The summed E-state index contributed by atoms with van der Waals surface area (Å²) < 4.78 is 57.2. The van der Waals surface area contributed by atoms with Crippen LogP contribution in [0.1, 0.15) is 94.1 Å². The smallest absolute Gasteiger partial charge is 0.256 e. The van der Waals surface area contributed by atoms with Gasteiger partial charge in [0.25, 0.3) is 11.8 Å². The van der Waals surface area contributed by atoms with E-state index in [1.807, 2.05) is 36.9 Å². The monoisotopic (exact) mass is 1200 g/mol. The Morgan fingerprint density at radius 1 is 0.681 bits per heavy atom. The molecule has 10 rings (SSSR count). The van der Waals surface area contributed by atoms with Crippen molar-refractivity contribution in [3.05, 3.63) is 109 Å². The molecule has 388 valence electrons. The number of β-amino-alcohol motifs (C(OH)–C–C–N with tert-alkyl or cyclic N) is 2. The highest BCUT2D eigenvalue weighted by atomic mass is 79.9. The predicted molar refractivity (Wildman–Crippen MR) is 285 cm³/mol. The topological polar surface area (TPSA) is 249 Å². The lowest BCUT2D eigenvalue weighted by atomic mass is 9.98. The summed E-state index contributed by atoms with van der Waals surface area (Å²) in [5, 5.41) is 30.8. The molecular formula is C46H56Br2Cl2N12O8S2. The van der Waals surface area contributed by atoms with Crippen LogP contribution in [0.5, 0.6) is 0 Å². The first kappa shape index (κ1) is 55.1. The summed E-state index contributed by atoms with van der Waals surface area (Å²) in [5.41, 5.74) is 5.63. The van der Waals surface area contributed by atoms with E-state index in [9.17, 15) is 31.5 Å². The molecule has 0 unspecified atom stereocenters. The number of nitrogens with one attached hydrogen (secondary N) is 3. The molecule has 6 aromatic rings. The fourth-order valence-corrected chi connectivity index (χ4v) is 11.0. The third-order valence-electron chi connectivity index (χ3n) is 12.4. The third kappa shape index (κ3) is 13.2. The number of hydrogen-bond donors (Lipinski definition) is 5. The maximum Gasteiger partial charge on any atom is 0.256 e. The van der Waals surface area contributed by atoms with Crippen LogP contribution in [-0.2, 0) is 20.0 Å². The highest BCUT2D eigenvalue weighted by molar-refractivity contribution is 9.10. The van der Waals surface area contributed by atoms with Gasteiger partial charge in [0.05, 0.1) is 70.7 Å². The van der Waals surface area contributed by atoms with Crippen molar-refractivity contribution < 1.29 is 36.6 Å². The SMILES string of the molecule is Cc1cc(Cl)nc2cc([C@@H]3CCCCN3C(=O)c3cc(Br)ccc3NS(C)(=O)=O)nn12.Cc1cc(N2CC(O)C2)nc2cc([C@@H]3CCCCN3C(=O)c3cc(Br)ccc3NS(C)(=O)=O)nn12.Cl.OC1CNC1. The molecule has 4 aromatic heterocycles. The van der Waals surface area contributed by atoms with Crippen LogP contribution in [0.3, 0.4) is 0 Å². The Labute approximate surface area is 445 Å². The van der Waals surface area contributed by atoms with Crippen LogP contribution in [0.15, 0.2) is 69.6 Å². The van der Waals surface area contributed by atoms with Crippen molar-refractivity contribution in [2.75, 3.05) is 66.1 Å². The number of halogens is 4. The van der Waals surface area contributed by atoms with Crippen LogP contribution >= 0.6 is 55.9 Å². The molecule has 2 atom stereocenters. The van der Waals surface area contributed by atoms with E-state index < -0.39 is 20.0 Å². The van der Waals surface area contributed by atoms with E-state index >= 15 is 0 Å². The van der Waals surface area contributed by atoms with Gasteiger partial charge in [-0.3, -0.25) is 19.0 Å². The Kier molecular flexibility index (Phi) is 17.5. The number of sulfonamides is 2. The minimum atomic E-state index is -3.56. The zero-order chi connectivity index (χ0) is 50.9. The Morgan fingerprint density at radius 3 is 1.54 bits per heavy atom. The van der Waals surface area contributed by atoms with Gasteiger partial charge in [-0.15, -0.1) is 12.4 Å². The molecule has 0 bridgehead atoms. The standard InChI is InChI=1S/C23H27BrN6O4S.C20H21BrClN5O3S.C3H7NO.ClH/c1-14-9-21(28-12-16(31)13-28)25-22-11-19(26-30(14)22)20-5-3-4-8-29(20)23(32)17-10-15(24)6-7-18(17)27-35(2,33)34;1-12-9-18(22)23-19-11-16(24-27(12)19)17-5-3-4-8-26(17)20(28)14-10-13(21)6-7-15(14)25-31(2,29)30;5-3-1-4-2-3;/h6-7,9-11,16,20,27,31H,3-5,8,12-13H2,1-2H3;6-7,9-11,17,25H,3-5,8H2,1-2H3;3-5H,1-2H2;1H/t20-;17-;;/m00../s1. The van der Waals surface area contributed by atoms with Gasteiger partial charge in [0.15, 0.2) is 11.3 Å². The molecule has 4 fully saturated rings. The molecule has 0 radical (unpaired) electrons. The number of carbonyl (C=O) groups excluding carboxylic acids is 2. The van der Waals surface area contributed by atoms with E-state index in [2.05, 4.69) is 56.7 Å². The number of fused-ring (bicyclic) bond motifs is 2. The average molecular weight is 1200 g/mol. The molecule has 72 heavy (non-hydrogen) atoms. The molecule has 4 saturated heterocycles. The van der Waals surface area contributed by atoms with Gasteiger partial charge in [0.2, 0.25) is 20.0 Å². The molecule has 4 aliphatic heterocycles. The molecular weight excluding hydrogens is 1140 g/mol. The van der Waals surface area contributed by atoms with Crippen LogP contribution in [0.4, 0.5) is 17.2 Å². The van der Waals surface area contributed by atoms with E-state index in [-0.39, 0.29) is 71.0 Å². The number of benzene rings is 2. The second-order valence-electron chi connectivity index (χ2n) is 18.2. The maximum atomic E-state index is 13.7. The summed E-state index contributed by atoms with van der Waals surface area (Å²) in [6.07, 6.45) is 6.90. The first-order chi connectivity index (χ1) is 33.6. The van der Waals surface area contributed by atoms with Gasteiger partial charge in [-0.25, -0.2) is 35.8 Å². The van der Waals surface area contributed by atoms with Gasteiger partial charge >= 0.3 is 0 Å². The fourth-order valence-electron chi connectivity index (χ4n) is 8.87. The number of aliphatic hydroxyl groups excluding tert-OH is 2. The largest absolute Gasteiger partial charge is 0.390 e. The number of likely N-dealkylation sites (tertiary alicyclic amines) is 2. The number of aryl methyl sites for hydroxylation is 2. The van der Waals surface area contributed by atoms with Crippen LogP contribution < -0.4 is 19.7 Å². The van der Waals surface area contributed by atoms with E-state index in [1.165, 1.54) is 0 Å². The minimum Gasteiger partial charge on any atom is -0.390 e. The number of hydrogen-bond acceptors (Lipinski definition) is 14.